The Morgan fingerprint density at radius 3 is 3.00 bits per heavy atom. The van der Waals surface area contributed by atoms with E-state index in [0.29, 0.717) is 0 Å². The van der Waals surface area contributed by atoms with Crippen molar-refractivity contribution in [2.75, 3.05) is 0 Å². The van der Waals surface area contributed by atoms with Gasteiger partial charge in [0.05, 0.1) is 13.2 Å². The van der Waals surface area contributed by atoms with Crippen molar-refractivity contribution >= 4 is 0 Å². The van der Waals surface area contributed by atoms with Crippen molar-refractivity contribution in [2.45, 2.75) is 32.1 Å². The monoisotopic (exact) mass is 218 g/mol. The van der Waals surface area contributed by atoms with Crippen molar-refractivity contribution in [1.82, 2.24) is 5.43 Å². The summed E-state index contributed by atoms with van der Waals surface area (Å²) in [5, 5.41) is 0. The number of hydrogen-bond donors (Lipinski definition) is 2. The second kappa shape index (κ2) is 5.25. The number of hydrazine groups is 1. The Morgan fingerprint density at radius 2 is 2.25 bits per heavy atom. The zero-order chi connectivity index (χ0) is 11.4. The first-order chi connectivity index (χ1) is 7.85. The standard InChI is InChI=1S/C13H18N2O/c1-2-3-4-13(15-14)10-5-6-11-8-16-9-12(11)7-10/h2,5-7,13,15H,1,3-4,8-9,14H2. The number of nitrogens with two attached hydrogens (primary N) is 1. The zero-order valence-corrected chi connectivity index (χ0v) is 9.41. The van der Waals surface area contributed by atoms with E-state index in [1.165, 1.54) is 16.7 Å². The second-order valence-electron chi connectivity index (χ2n) is 4.11. The normalized spacial score (nSPS) is 15.8. The van der Waals surface area contributed by atoms with Crippen LogP contribution in [-0.2, 0) is 18.0 Å². The molecule has 3 heteroatoms. The van der Waals surface area contributed by atoms with Crippen LogP contribution in [0.4, 0.5) is 0 Å². The maximum Gasteiger partial charge on any atom is 0.0725 e. The fourth-order valence-corrected chi connectivity index (χ4v) is 2.04. The van der Waals surface area contributed by atoms with Crippen molar-refractivity contribution in [2.24, 2.45) is 5.84 Å². The van der Waals surface area contributed by atoms with Crippen molar-refractivity contribution in [3.05, 3.63) is 47.5 Å². The van der Waals surface area contributed by atoms with E-state index in [2.05, 4.69) is 30.2 Å². The zero-order valence-electron chi connectivity index (χ0n) is 9.41. The largest absolute Gasteiger partial charge is 0.372 e. The van der Waals surface area contributed by atoms with Gasteiger partial charge in [-0.1, -0.05) is 24.3 Å². The van der Waals surface area contributed by atoms with E-state index in [-0.39, 0.29) is 6.04 Å². The van der Waals surface area contributed by atoms with Crippen LogP contribution in [-0.4, -0.2) is 0 Å². The third kappa shape index (κ3) is 2.32. The molecule has 0 spiro atoms. The maximum atomic E-state index is 5.58. The molecule has 1 aliphatic rings. The quantitative estimate of drug-likeness (QED) is 0.452. The van der Waals surface area contributed by atoms with Gasteiger partial charge in [0.2, 0.25) is 0 Å². The van der Waals surface area contributed by atoms with Crippen LogP contribution in [0.5, 0.6) is 0 Å². The summed E-state index contributed by atoms with van der Waals surface area (Å²) < 4.78 is 5.40. The van der Waals surface area contributed by atoms with Gasteiger partial charge < -0.3 is 4.74 Å². The van der Waals surface area contributed by atoms with Gasteiger partial charge in [0.25, 0.3) is 0 Å². The minimum Gasteiger partial charge on any atom is -0.372 e. The number of nitrogens with one attached hydrogen (secondary N) is 1. The predicted molar refractivity (Wildman–Crippen MR) is 64.4 cm³/mol. The SMILES string of the molecule is C=CCCC(NN)c1ccc2c(c1)COC2. The molecule has 0 bridgehead atoms. The Balaban J connectivity index is 2.15. The van der Waals surface area contributed by atoms with Crippen LogP contribution in [0.3, 0.4) is 0 Å². The minimum atomic E-state index is 0.198. The number of ether oxygens (including phenoxy) is 1. The summed E-state index contributed by atoms with van der Waals surface area (Å²) in [6.07, 6.45) is 3.85. The lowest BCUT2D eigenvalue weighted by Crippen LogP contribution is -2.28. The molecule has 1 aliphatic heterocycles. The van der Waals surface area contributed by atoms with Crippen LogP contribution in [0.15, 0.2) is 30.9 Å². The molecular formula is C13H18N2O. The molecule has 0 fully saturated rings. The molecule has 1 aromatic carbocycles. The van der Waals surface area contributed by atoms with Crippen molar-refractivity contribution in [1.29, 1.82) is 0 Å². The third-order valence-corrected chi connectivity index (χ3v) is 3.01. The van der Waals surface area contributed by atoms with E-state index in [9.17, 15) is 0 Å². The summed E-state index contributed by atoms with van der Waals surface area (Å²) in [4.78, 5) is 0. The molecule has 1 heterocycles. The van der Waals surface area contributed by atoms with Gasteiger partial charge in [-0.3, -0.25) is 11.3 Å². The molecule has 3 N–H and O–H groups in total. The van der Waals surface area contributed by atoms with Gasteiger partial charge in [-0.15, -0.1) is 6.58 Å². The predicted octanol–water partition coefficient (Wildman–Crippen LogP) is 2.19. The molecule has 2 rings (SSSR count). The van der Waals surface area contributed by atoms with Crippen LogP contribution < -0.4 is 11.3 Å². The van der Waals surface area contributed by atoms with E-state index < -0.39 is 0 Å². The van der Waals surface area contributed by atoms with Crippen molar-refractivity contribution < 1.29 is 4.74 Å². The lowest BCUT2D eigenvalue weighted by atomic mass is 9.98. The lowest BCUT2D eigenvalue weighted by molar-refractivity contribution is 0.134. The Bertz CT molecular complexity index is 376. The maximum absolute atomic E-state index is 5.58. The fraction of sp³-hybridized carbons (Fsp3) is 0.385. The third-order valence-electron chi connectivity index (χ3n) is 3.01. The highest BCUT2D eigenvalue weighted by Gasteiger charge is 2.14. The van der Waals surface area contributed by atoms with Gasteiger partial charge in [0.1, 0.15) is 0 Å². The summed E-state index contributed by atoms with van der Waals surface area (Å²) in [6.45, 7) is 5.19. The summed E-state index contributed by atoms with van der Waals surface area (Å²) in [6, 6.07) is 6.65. The van der Waals surface area contributed by atoms with E-state index in [1.54, 1.807) is 0 Å². The van der Waals surface area contributed by atoms with Gasteiger partial charge in [-0.25, -0.2) is 0 Å². The molecule has 0 saturated carbocycles. The fourth-order valence-electron chi connectivity index (χ4n) is 2.04. The molecule has 0 saturated heterocycles. The van der Waals surface area contributed by atoms with Gasteiger partial charge in [0, 0.05) is 6.04 Å². The Hall–Kier alpha value is -1.16. The number of allylic oxidation sites excluding steroid dienone is 1. The molecule has 16 heavy (non-hydrogen) atoms. The minimum absolute atomic E-state index is 0.198. The molecular weight excluding hydrogens is 200 g/mol. The summed E-state index contributed by atoms with van der Waals surface area (Å²) >= 11 is 0. The van der Waals surface area contributed by atoms with Gasteiger partial charge in [-0.05, 0) is 29.5 Å². The average molecular weight is 218 g/mol. The summed E-state index contributed by atoms with van der Waals surface area (Å²) in [5.74, 6) is 5.58. The second-order valence-corrected chi connectivity index (χ2v) is 4.11. The molecule has 0 amide bonds. The molecule has 1 aromatic rings. The first kappa shape index (κ1) is 11.3. The number of hydrogen-bond acceptors (Lipinski definition) is 3. The topological polar surface area (TPSA) is 47.3 Å². The van der Waals surface area contributed by atoms with Crippen LogP contribution in [0.1, 0.15) is 35.6 Å². The Labute approximate surface area is 96.3 Å². The lowest BCUT2D eigenvalue weighted by Gasteiger charge is -2.16. The molecule has 1 atom stereocenters. The highest BCUT2D eigenvalue weighted by atomic mass is 16.5. The summed E-state index contributed by atoms with van der Waals surface area (Å²) in [5.41, 5.74) is 6.67. The smallest absolute Gasteiger partial charge is 0.0725 e. The highest BCUT2D eigenvalue weighted by Crippen LogP contribution is 2.25. The molecule has 0 aliphatic carbocycles. The van der Waals surface area contributed by atoms with Crippen LogP contribution in [0, 0.1) is 0 Å². The van der Waals surface area contributed by atoms with Gasteiger partial charge >= 0.3 is 0 Å². The molecule has 1 unspecified atom stereocenters. The van der Waals surface area contributed by atoms with E-state index >= 15 is 0 Å². The molecule has 0 radical (unpaired) electrons. The first-order valence-electron chi connectivity index (χ1n) is 5.61. The molecule has 86 valence electrons. The van der Waals surface area contributed by atoms with Crippen molar-refractivity contribution in [3.63, 3.8) is 0 Å². The first-order valence-corrected chi connectivity index (χ1v) is 5.61. The Morgan fingerprint density at radius 1 is 1.44 bits per heavy atom. The van der Waals surface area contributed by atoms with Crippen LogP contribution in [0.25, 0.3) is 0 Å². The highest BCUT2D eigenvalue weighted by molar-refractivity contribution is 5.34. The summed E-state index contributed by atoms with van der Waals surface area (Å²) in [7, 11) is 0. The van der Waals surface area contributed by atoms with E-state index in [0.717, 1.165) is 26.1 Å². The number of rotatable bonds is 5. The van der Waals surface area contributed by atoms with Crippen molar-refractivity contribution in [3.8, 4) is 0 Å². The van der Waals surface area contributed by atoms with Crippen LogP contribution in [0.2, 0.25) is 0 Å². The Kier molecular flexibility index (Phi) is 3.72. The molecule has 0 aromatic heterocycles. The van der Waals surface area contributed by atoms with E-state index in [4.69, 9.17) is 10.6 Å². The number of fused-ring (bicyclic) bond motifs is 1. The van der Waals surface area contributed by atoms with Gasteiger partial charge in [0.15, 0.2) is 0 Å². The molecule has 3 nitrogen and oxygen atoms in total. The van der Waals surface area contributed by atoms with Crippen LogP contribution >= 0.6 is 0 Å². The number of benzene rings is 1. The van der Waals surface area contributed by atoms with Gasteiger partial charge in [-0.2, -0.15) is 0 Å². The average Bonchev–Trinajstić information content (AvgIpc) is 2.77. The van der Waals surface area contributed by atoms with E-state index in [1.807, 2.05) is 6.08 Å².